The zero-order valence-electron chi connectivity index (χ0n) is 13.3. The quantitative estimate of drug-likeness (QED) is 0.594. The lowest BCUT2D eigenvalue weighted by molar-refractivity contribution is 0.0903. The van der Waals surface area contributed by atoms with E-state index in [4.69, 9.17) is 31.5 Å². The van der Waals surface area contributed by atoms with Gasteiger partial charge in [-0.15, -0.1) is 0 Å². The van der Waals surface area contributed by atoms with Crippen molar-refractivity contribution in [3.05, 3.63) is 47.5 Å². The standard InChI is InChI=1S/C18H21ClN2O3/c19-13-5-6-17-18(9-13)24-16(12-23-17)11-21-7-2-8-22-15-4-1-3-14(20)10-15/h1,3-6,9-10,16,21H,2,7-8,11-12,20H2. The van der Waals surface area contributed by atoms with E-state index in [9.17, 15) is 0 Å². The first kappa shape index (κ1) is 16.7. The van der Waals surface area contributed by atoms with Crippen LogP contribution in [0.1, 0.15) is 6.42 Å². The average molecular weight is 349 g/mol. The minimum atomic E-state index is -0.0224. The van der Waals surface area contributed by atoms with Gasteiger partial charge in [-0.1, -0.05) is 17.7 Å². The second-order valence-electron chi connectivity index (χ2n) is 5.62. The maximum absolute atomic E-state index is 5.97. The molecule has 0 aromatic heterocycles. The fraction of sp³-hybridized carbons (Fsp3) is 0.333. The highest BCUT2D eigenvalue weighted by Gasteiger charge is 2.20. The molecule has 3 N–H and O–H groups in total. The van der Waals surface area contributed by atoms with Gasteiger partial charge in [0, 0.05) is 29.4 Å². The van der Waals surface area contributed by atoms with Crippen molar-refractivity contribution in [2.24, 2.45) is 0 Å². The second-order valence-corrected chi connectivity index (χ2v) is 6.06. The number of ether oxygens (including phenoxy) is 3. The molecule has 1 unspecified atom stereocenters. The zero-order chi connectivity index (χ0) is 16.8. The van der Waals surface area contributed by atoms with E-state index in [2.05, 4.69) is 5.32 Å². The molecule has 24 heavy (non-hydrogen) atoms. The average Bonchev–Trinajstić information content (AvgIpc) is 2.57. The summed E-state index contributed by atoms with van der Waals surface area (Å²) in [4.78, 5) is 0. The molecule has 5 nitrogen and oxygen atoms in total. The summed E-state index contributed by atoms with van der Waals surface area (Å²) in [7, 11) is 0. The first-order valence-corrected chi connectivity index (χ1v) is 8.36. The van der Waals surface area contributed by atoms with E-state index >= 15 is 0 Å². The summed E-state index contributed by atoms with van der Waals surface area (Å²) in [6.45, 7) is 2.72. The molecule has 3 rings (SSSR count). The van der Waals surface area contributed by atoms with E-state index in [1.54, 1.807) is 12.1 Å². The Labute approximate surface area is 146 Å². The number of nitrogen functional groups attached to an aromatic ring is 1. The number of rotatable bonds is 7. The van der Waals surface area contributed by atoms with Crippen LogP contribution < -0.4 is 25.3 Å². The molecule has 2 aromatic rings. The summed E-state index contributed by atoms with van der Waals surface area (Å²) in [5.41, 5.74) is 6.42. The fourth-order valence-electron chi connectivity index (χ4n) is 2.44. The highest BCUT2D eigenvalue weighted by Crippen LogP contribution is 2.33. The molecule has 0 radical (unpaired) electrons. The SMILES string of the molecule is Nc1cccc(OCCCNCC2COc3ccc(Cl)cc3O2)c1. The van der Waals surface area contributed by atoms with Crippen molar-refractivity contribution in [3.63, 3.8) is 0 Å². The van der Waals surface area contributed by atoms with Crippen molar-refractivity contribution in [1.82, 2.24) is 5.32 Å². The Morgan fingerprint density at radius 1 is 1.21 bits per heavy atom. The van der Waals surface area contributed by atoms with Crippen LogP contribution in [0.25, 0.3) is 0 Å². The molecule has 2 aromatic carbocycles. The molecule has 128 valence electrons. The normalized spacial score (nSPS) is 16.0. The molecule has 0 saturated heterocycles. The molecule has 1 aliphatic rings. The third kappa shape index (κ3) is 4.69. The number of nitrogens with one attached hydrogen (secondary N) is 1. The van der Waals surface area contributed by atoms with Gasteiger partial charge in [-0.25, -0.2) is 0 Å². The van der Waals surface area contributed by atoms with Gasteiger partial charge in [0.1, 0.15) is 18.5 Å². The van der Waals surface area contributed by atoms with E-state index in [-0.39, 0.29) is 6.10 Å². The van der Waals surface area contributed by atoms with Crippen molar-refractivity contribution >= 4 is 17.3 Å². The van der Waals surface area contributed by atoms with Crippen molar-refractivity contribution in [3.8, 4) is 17.2 Å². The van der Waals surface area contributed by atoms with Crippen molar-refractivity contribution in [1.29, 1.82) is 0 Å². The topological polar surface area (TPSA) is 65.7 Å². The Morgan fingerprint density at radius 3 is 3.00 bits per heavy atom. The molecule has 6 heteroatoms. The van der Waals surface area contributed by atoms with Gasteiger partial charge in [-0.05, 0) is 37.2 Å². The van der Waals surface area contributed by atoms with Crippen LogP contribution in [-0.2, 0) is 0 Å². The van der Waals surface area contributed by atoms with E-state index < -0.39 is 0 Å². The van der Waals surface area contributed by atoms with Gasteiger partial charge in [0.2, 0.25) is 0 Å². The van der Waals surface area contributed by atoms with Crippen LogP contribution in [0.4, 0.5) is 5.69 Å². The van der Waals surface area contributed by atoms with Crippen LogP contribution in [0.15, 0.2) is 42.5 Å². The van der Waals surface area contributed by atoms with Crippen LogP contribution in [0, 0.1) is 0 Å². The minimum absolute atomic E-state index is 0.0224. The Hall–Kier alpha value is -2.11. The van der Waals surface area contributed by atoms with Gasteiger partial charge in [0.25, 0.3) is 0 Å². The Bertz CT molecular complexity index is 681. The summed E-state index contributed by atoms with van der Waals surface area (Å²) in [5, 5.41) is 4.00. The zero-order valence-corrected chi connectivity index (χ0v) is 14.1. The van der Waals surface area contributed by atoms with Crippen molar-refractivity contribution < 1.29 is 14.2 Å². The molecule has 0 bridgehead atoms. The van der Waals surface area contributed by atoms with Crippen LogP contribution in [0.5, 0.6) is 17.2 Å². The molecular formula is C18H21ClN2O3. The van der Waals surface area contributed by atoms with Crippen molar-refractivity contribution in [2.75, 3.05) is 32.0 Å². The van der Waals surface area contributed by atoms with Crippen LogP contribution in [0.3, 0.4) is 0 Å². The first-order valence-electron chi connectivity index (χ1n) is 7.99. The first-order chi connectivity index (χ1) is 11.7. The number of anilines is 1. The minimum Gasteiger partial charge on any atom is -0.493 e. The van der Waals surface area contributed by atoms with E-state index in [1.807, 2.05) is 30.3 Å². The van der Waals surface area contributed by atoms with E-state index in [1.165, 1.54) is 0 Å². The third-order valence-corrected chi connectivity index (χ3v) is 3.86. The number of benzene rings is 2. The summed E-state index contributed by atoms with van der Waals surface area (Å²) in [5.74, 6) is 2.24. The molecular weight excluding hydrogens is 328 g/mol. The Kier molecular flexibility index (Phi) is 5.67. The van der Waals surface area contributed by atoms with Crippen LogP contribution >= 0.6 is 11.6 Å². The summed E-state index contributed by atoms with van der Waals surface area (Å²) < 4.78 is 17.2. The van der Waals surface area contributed by atoms with E-state index in [0.29, 0.717) is 36.2 Å². The largest absolute Gasteiger partial charge is 0.493 e. The summed E-state index contributed by atoms with van der Waals surface area (Å²) in [6.07, 6.45) is 0.871. The lowest BCUT2D eigenvalue weighted by Gasteiger charge is -2.26. The van der Waals surface area contributed by atoms with Gasteiger partial charge >= 0.3 is 0 Å². The van der Waals surface area contributed by atoms with Crippen LogP contribution in [0.2, 0.25) is 5.02 Å². The van der Waals surface area contributed by atoms with Gasteiger partial charge < -0.3 is 25.3 Å². The molecule has 0 aliphatic carbocycles. The summed E-state index contributed by atoms with van der Waals surface area (Å²) >= 11 is 5.97. The molecule has 1 aliphatic heterocycles. The monoisotopic (exact) mass is 348 g/mol. The van der Waals surface area contributed by atoms with Gasteiger partial charge in [-0.2, -0.15) is 0 Å². The molecule has 0 amide bonds. The predicted octanol–water partition coefficient (Wildman–Crippen LogP) is 3.12. The maximum Gasteiger partial charge on any atom is 0.163 e. The van der Waals surface area contributed by atoms with Gasteiger partial charge in [-0.3, -0.25) is 0 Å². The Balaban J connectivity index is 1.33. The molecule has 0 spiro atoms. The maximum atomic E-state index is 5.97. The number of fused-ring (bicyclic) bond motifs is 1. The number of hydrogen-bond acceptors (Lipinski definition) is 5. The van der Waals surface area contributed by atoms with Crippen LogP contribution in [-0.4, -0.2) is 32.4 Å². The molecule has 1 heterocycles. The molecule has 1 atom stereocenters. The molecule has 0 fully saturated rings. The van der Waals surface area contributed by atoms with Gasteiger partial charge in [0.15, 0.2) is 11.5 Å². The van der Waals surface area contributed by atoms with E-state index in [0.717, 1.165) is 24.5 Å². The predicted molar refractivity (Wildman–Crippen MR) is 95.2 cm³/mol. The second kappa shape index (κ2) is 8.13. The lowest BCUT2D eigenvalue weighted by Crippen LogP contribution is -2.39. The smallest absolute Gasteiger partial charge is 0.163 e. The third-order valence-electron chi connectivity index (χ3n) is 3.62. The Morgan fingerprint density at radius 2 is 2.12 bits per heavy atom. The lowest BCUT2D eigenvalue weighted by atomic mass is 10.2. The highest BCUT2D eigenvalue weighted by atomic mass is 35.5. The van der Waals surface area contributed by atoms with Crippen molar-refractivity contribution in [2.45, 2.75) is 12.5 Å². The highest BCUT2D eigenvalue weighted by molar-refractivity contribution is 6.30. The molecule has 0 saturated carbocycles. The fourth-order valence-corrected chi connectivity index (χ4v) is 2.61. The number of hydrogen-bond donors (Lipinski definition) is 2. The number of nitrogens with two attached hydrogens (primary N) is 1. The number of halogens is 1. The van der Waals surface area contributed by atoms with Gasteiger partial charge in [0.05, 0.1) is 6.61 Å². The summed E-state index contributed by atoms with van der Waals surface area (Å²) in [6, 6.07) is 12.8.